The largest absolute Gasteiger partial charge is 0.476 e. The van der Waals surface area contributed by atoms with Crippen LogP contribution in [0.25, 0.3) is 0 Å². The maximum absolute atomic E-state index is 12.0. The molecule has 110 valence electrons. The van der Waals surface area contributed by atoms with Crippen molar-refractivity contribution < 1.29 is 14.7 Å². The maximum atomic E-state index is 12.0. The molecule has 0 atom stereocenters. The number of urea groups is 1. The summed E-state index contributed by atoms with van der Waals surface area (Å²) in [5.74, 6) is -1.04. The van der Waals surface area contributed by atoms with Crippen molar-refractivity contribution in [1.29, 1.82) is 0 Å². The Labute approximate surface area is 126 Å². The Balaban J connectivity index is 1.82. The van der Waals surface area contributed by atoms with Gasteiger partial charge in [0.25, 0.3) is 0 Å². The van der Waals surface area contributed by atoms with E-state index in [1.165, 1.54) is 21.6 Å². The van der Waals surface area contributed by atoms with Crippen molar-refractivity contribution >= 4 is 29.0 Å². The fraction of sp³-hybridized carbons (Fsp3) is 0.214. The number of hydrogen-bond donors (Lipinski definition) is 2. The van der Waals surface area contributed by atoms with Gasteiger partial charge in [-0.05, 0) is 12.1 Å². The average molecular weight is 305 g/mol. The van der Waals surface area contributed by atoms with E-state index < -0.39 is 5.97 Å². The van der Waals surface area contributed by atoms with Gasteiger partial charge in [-0.15, -0.1) is 11.3 Å². The third kappa shape index (κ3) is 4.03. The van der Waals surface area contributed by atoms with Crippen molar-refractivity contribution in [3.63, 3.8) is 0 Å². The smallest absolute Gasteiger partial charge is 0.355 e. The van der Waals surface area contributed by atoms with E-state index in [0.717, 1.165) is 5.69 Å². The number of nitrogens with zero attached hydrogens (tertiary/aromatic N) is 2. The zero-order valence-electron chi connectivity index (χ0n) is 11.4. The summed E-state index contributed by atoms with van der Waals surface area (Å²) >= 11 is 1.28. The van der Waals surface area contributed by atoms with E-state index in [0.29, 0.717) is 18.0 Å². The number of benzene rings is 1. The Kier molecular flexibility index (Phi) is 4.89. The zero-order chi connectivity index (χ0) is 15.2. The predicted molar refractivity (Wildman–Crippen MR) is 81.0 cm³/mol. The molecule has 0 radical (unpaired) electrons. The summed E-state index contributed by atoms with van der Waals surface area (Å²) in [5.41, 5.74) is 0.847. The van der Waals surface area contributed by atoms with Gasteiger partial charge in [-0.3, -0.25) is 4.90 Å². The molecular formula is C14H15N3O3S. The molecule has 0 spiro atoms. The Morgan fingerprint density at radius 3 is 2.67 bits per heavy atom. The number of anilines is 1. The number of thiazole rings is 1. The van der Waals surface area contributed by atoms with Gasteiger partial charge in [0.1, 0.15) is 0 Å². The quantitative estimate of drug-likeness (QED) is 0.887. The molecular weight excluding hydrogens is 290 g/mol. The van der Waals surface area contributed by atoms with Crippen LogP contribution in [-0.2, 0) is 6.42 Å². The lowest BCUT2D eigenvalue weighted by Crippen LogP contribution is -2.38. The fourth-order valence-electron chi connectivity index (χ4n) is 1.69. The first-order valence-corrected chi connectivity index (χ1v) is 7.20. The number of aromatic carboxylic acids is 1. The minimum Gasteiger partial charge on any atom is -0.476 e. The average Bonchev–Trinajstić information content (AvgIpc) is 2.96. The predicted octanol–water partition coefficient (Wildman–Crippen LogP) is 2.23. The van der Waals surface area contributed by atoms with E-state index in [4.69, 9.17) is 5.11 Å². The molecule has 0 aliphatic rings. The first-order valence-electron chi connectivity index (χ1n) is 6.32. The third-order valence-electron chi connectivity index (χ3n) is 2.83. The molecule has 0 aliphatic heterocycles. The molecule has 2 aromatic rings. The van der Waals surface area contributed by atoms with Gasteiger partial charge in [0.05, 0.1) is 5.01 Å². The fourth-order valence-corrected chi connectivity index (χ4v) is 2.46. The molecule has 7 heteroatoms. The van der Waals surface area contributed by atoms with E-state index in [1.54, 1.807) is 7.05 Å². The second-order valence-electron chi connectivity index (χ2n) is 4.31. The normalized spacial score (nSPS) is 10.1. The molecule has 0 saturated heterocycles. The Morgan fingerprint density at radius 2 is 2.05 bits per heavy atom. The highest BCUT2D eigenvalue weighted by atomic mass is 32.1. The Morgan fingerprint density at radius 1 is 1.33 bits per heavy atom. The van der Waals surface area contributed by atoms with Crippen molar-refractivity contribution in [2.75, 3.05) is 18.5 Å². The summed E-state index contributed by atoms with van der Waals surface area (Å²) in [5, 5.41) is 13.7. The van der Waals surface area contributed by atoms with Crippen molar-refractivity contribution in [3.8, 4) is 0 Å². The summed E-state index contributed by atoms with van der Waals surface area (Å²) in [4.78, 5) is 28.1. The highest BCUT2D eigenvalue weighted by molar-refractivity contribution is 7.09. The van der Waals surface area contributed by atoms with E-state index in [1.807, 2.05) is 30.3 Å². The summed E-state index contributed by atoms with van der Waals surface area (Å²) in [6.45, 7) is 0.405. The number of carbonyl (C=O) groups excluding carboxylic acids is 1. The highest BCUT2D eigenvalue weighted by Gasteiger charge is 2.11. The number of carboxylic acid groups (broad SMARTS) is 1. The van der Waals surface area contributed by atoms with E-state index in [9.17, 15) is 9.59 Å². The minimum absolute atomic E-state index is 0.0442. The molecule has 6 nitrogen and oxygen atoms in total. The summed E-state index contributed by atoms with van der Waals surface area (Å²) in [7, 11) is 1.69. The number of para-hydroxylation sites is 1. The van der Waals surface area contributed by atoms with Gasteiger partial charge in [0.2, 0.25) is 0 Å². The topological polar surface area (TPSA) is 82.5 Å². The number of amides is 2. The van der Waals surface area contributed by atoms with Gasteiger partial charge in [-0.2, -0.15) is 0 Å². The van der Waals surface area contributed by atoms with Crippen molar-refractivity contribution in [2.24, 2.45) is 0 Å². The first-order chi connectivity index (χ1) is 10.1. The molecule has 21 heavy (non-hydrogen) atoms. The number of carboxylic acids is 1. The summed E-state index contributed by atoms with van der Waals surface area (Å²) in [6.07, 6.45) is 0.506. The second kappa shape index (κ2) is 6.85. The molecule has 2 amide bonds. The monoisotopic (exact) mass is 305 g/mol. The van der Waals surface area contributed by atoms with Crippen LogP contribution in [0.1, 0.15) is 15.5 Å². The molecule has 2 rings (SSSR count). The molecule has 2 N–H and O–H groups in total. The second-order valence-corrected chi connectivity index (χ2v) is 5.25. The first kappa shape index (κ1) is 15.0. The molecule has 0 unspecified atom stereocenters. The molecule has 1 aromatic heterocycles. The summed E-state index contributed by atoms with van der Waals surface area (Å²) in [6, 6.07) is 9.09. The van der Waals surface area contributed by atoms with Crippen LogP contribution in [0.15, 0.2) is 35.7 Å². The van der Waals surface area contributed by atoms with Gasteiger partial charge >= 0.3 is 12.0 Å². The lowest BCUT2D eigenvalue weighted by atomic mass is 10.3. The van der Waals surface area contributed by atoms with Gasteiger partial charge in [0, 0.05) is 31.1 Å². The highest BCUT2D eigenvalue weighted by Crippen LogP contribution is 2.12. The van der Waals surface area contributed by atoms with Crippen molar-refractivity contribution in [1.82, 2.24) is 10.3 Å². The number of carbonyl (C=O) groups is 2. The lowest BCUT2D eigenvalue weighted by molar-refractivity contribution is 0.0691. The molecule has 0 bridgehead atoms. The third-order valence-corrected chi connectivity index (χ3v) is 3.74. The Bertz CT molecular complexity index is 627. The SMILES string of the molecule is CN(C(=O)NCCc1nc(C(=O)O)cs1)c1ccccc1. The number of aromatic nitrogens is 1. The van der Waals surface area contributed by atoms with Crippen molar-refractivity contribution in [2.45, 2.75) is 6.42 Å². The lowest BCUT2D eigenvalue weighted by Gasteiger charge is -2.17. The standard InChI is InChI=1S/C14H15N3O3S/c1-17(10-5-3-2-4-6-10)14(20)15-8-7-12-16-11(9-21-12)13(18)19/h2-6,9H,7-8H2,1H3,(H,15,20)(H,18,19). The van der Waals surface area contributed by atoms with Crippen LogP contribution in [0.3, 0.4) is 0 Å². The van der Waals surface area contributed by atoms with E-state index >= 15 is 0 Å². The maximum Gasteiger partial charge on any atom is 0.355 e. The minimum atomic E-state index is -1.04. The Hall–Kier alpha value is -2.41. The molecule has 0 fully saturated rings. The molecule has 0 saturated carbocycles. The van der Waals surface area contributed by atoms with Gasteiger partial charge in [0.15, 0.2) is 5.69 Å². The van der Waals surface area contributed by atoms with Crippen LogP contribution >= 0.6 is 11.3 Å². The summed E-state index contributed by atoms with van der Waals surface area (Å²) < 4.78 is 0. The molecule has 1 heterocycles. The number of hydrogen-bond acceptors (Lipinski definition) is 4. The van der Waals surface area contributed by atoms with Gasteiger partial charge in [-0.1, -0.05) is 18.2 Å². The van der Waals surface area contributed by atoms with Crippen LogP contribution < -0.4 is 10.2 Å². The number of rotatable bonds is 5. The van der Waals surface area contributed by atoms with Gasteiger partial charge < -0.3 is 10.4 Å². The van der Waals surface area contributed by atoms with Crippen LogP contribution in [0, 0.1) is 0 Å². The zero-order valence-corrected chi connectivity index (χ0v) is 12.3. The molecule has 1 aromatic carbocycles. The van der Waals surface area contributed by atoms with Crippen molar-refractivity contribution in [3.05, 3.63) is 46.4 Å². The van der Waals surface area contributed by atoms with Crippen LogP contribution in [0.4, 0.5) is 10.5 Å². The van der Waals surface area contributed by atoms with Crippen LogP contribution in [0.2, 0.25) is 0 Å². The van der Waals surface area contributed by atoms with Gasteiger partial charge in [-0.25, -0.2) is 14.6 Å². The van der Waals surface area contributed by atoms with Crippen LogP contribution in [-0.4, -0.2) is 35.7 Å². The van der Waals surface area contributed by atoms with Crippen LogP contribution in [0.5, 0.6) is 0 Å². The van der Waals surface area contributed by atoms with E-state index in [-0.39, 0.29) is 11.7 Å². The molecule has 0 aliphatic carbocycles. The van der Waals surface area contributed by atoms with E-state index in [2.05, 4.69) is 10.3 Å². The number of nitrogens with one attached hydrogen (secondary N) is 1.